The quantitative estimate of drug-likeness (QED) is 0.146. The standard InChI is InChI=1S/C34H26BrN3O2/c1-2-40-31-15-9-14-29(22-31)37-34(39)27(23-36)20-26-21-32(24-10-5-3-6-11-24)38(30-18-16-28(35)17-19-30)33(26)25-12-7-4-8-13-25/h3-22H,2H2,1H3,(H,37,39)/b27-20-. The van der Waals surface area contributed by atoms with E-state index in [4.69, 9.17) is 4.74 Å². The van der Waals surface area contributed by atoms with Crippen LogP contribution in [0.5, 0.6) is 5.75 Å². The van der Waals surface area contributed by atoms with Crippen LogP contribution in [0.2, 0.25) is 0 Å². The van der Waals surface area contributed by atoms with E-state index in [2.05, 4.69) is 44.0 Å². The molecule has 6 heteroatoms. The topological polar surface area (TPSA) is 67.0 Å². The molecule has 0 spiro atoms. The number of nitrogens with one attached hydrogen (secondary N) is 1. The number of rotatable bonds is 8. The van der Waals surface area contributed by atoms with Gasteiger partial charge < -0.3 is 14.6 Å². The Morgan fingerprint density at radius 2 is 1.57 bits per heavy atom. The fraction of sp³-hybridized carbons (Fsp3) is 0.0588. The highest BCUT2D eigenvalue weighted by Gasteiger charge is 2.20. The van der Waals surface area contributed by atoms with E-state index in [-0.39, 0.29) is 5.57 Å². The highest BCUT2D eigenvalue weighted by Crippen LogP contribution is 2.37. The minimum Gasteiger partial charge on any atom is -0.494 e. The van der Waals surface area contributed by atoms with Gasteiger partial charge in [-0.25, -0.2) is 0 Å². The first kappa shape index (κ1) is 26.7. The largest absolute Gasteiger partial charge is 0.494 e. The van der Waals surface area contributed by atoms with Crippen LogP contribution in [-0.4, -0.2) is 17.1 Å². The molecule has 0 radical (unpaired) electrons. The van der Waals surface area contributed by atoms with Gasteiger partial charge in [0, 0.05) is 27.5 Å². The second kappa shape index (κ2) is 12.3. The van der Waals surface area contributed by atoms with E-state index in [1.165, 1.54) is 0 Å². The van der Waals surface area contributed by atoms with Crippen LogP contribution in [0.4, 0.5) is 5.69 Å². The predicted octanol–water partition coefficient (Wildman–Crippen LogP) is 8.52. The van der Waals surface area contributed by atoms with Crippen molar-refractivity contribution in [2.24, 2.45) is 0 Å². The lowest BCUT2D eigenvalue weighted by Gasteiger charge is -2.15. The number of aromatic nitrogens is 1. The van der Waals surface area contributed by atoms with Crippen molar-refractivity contribution in [3.63, 3.8) is 0 Å². The molecule has 1 aromatic heterocycles. The summed E-state index contributed by atoms with van der Waals surface area (Å²) in [6, 6.07) is 39.4. The number of carbonyl (C=O) groups is 1. The molecule has 1 amide bonds. The maximum absolute atomic E-state index is 13.3. The first-order chi connectivity index (χ1) is 19.6. The van der Waals surface area contributed by atoms with Crippen LogP contribution in [0.1, 0.15) is 12.5 Å². The van der Waals surface area contributed by atoms with Crippen LogP contribution >= 0.6 is 15.9 Å². The molecule has 0 bridgehead atoms. The zero-order valence-electron chi connectivity index (χ0n) is 21.8. The third kappa shape index (κ3) is 5.90. The predicted molar refractivity (Wildman–Crippen MR) is 164 cm³/mol. The second-order valence-corrected chi connectivity index (χ2v) is 9.88. The monoisotopic (exact) mass is 587 g/mol. The Balaban J connectivity index is 1.67. The Bertz CT molecular complexity index is 1700. The van der Waals surface area contributed by atoms with Gasteiger partial charge >= 0.3 is 0 Å². The van der Waals surface area contributed by atoms with Crippen molar-refractivity contribution in [2.45, 2.75) is 6.92 Å². The van der Waals surface area contributed by atoms with Crippen LogP contribution in [0, 0.1) is 11.3 Å². The first-order valence-electron chi connectivity index (χ1n) is 12.9. The number of amides is 1. The summed E-state index contributed by atoms with van der Waals surface area (Å²) in [5.74, 6) is 0.154. The van der Waals surface area contributed by atoms with Crippen molar-refractivity contribution in [2.75, 3.05) is 11.9 Å². The zero-order valence-corrected chi connectivity index (χ0v) is 23.4. The summed E-state index contributed by atoms with van der Waals surface area (Å²) >= 11 is 3.54. The van der Waals surface area contributed by atoms with Crippen molar-refractivity contribution >= 4 is 33.6 Å². The Morgan fingerprint density at radius 1 is 0.900 bits per heavy atom. The average Bonchev–Trinajstić information content (AvgIpc) is 3.36. The van der Waals surface area contributed by atoms with E-state index in [9.17, 15) is 10.1 Å². The number of ether oxygens (including phenoxy) is 1. The van der Waals surface area contributed by atoms with E-state index < -0.39 is 5.91 Å². The molecule has 5 rings (SSSR count). The van der Waals surface area contributed by atoms with E-state index in [1.807, 2.05) is 91.9 Å². The normalized spacial score (nSPS) is 11.1. The van der Waals surface area contributed by atoms with Crippen LogP contribution in [-0.2, 0) is 4.79 Å². The smallest absolute Gasteiger partial charge is 0.266 e. The summed E-state index contributed by atoms with van der Waals surface area (Å²) in [6.45, 7) is 2.42. The molecule has 0 saturated heterocycles. The van der Waals surface area contributed by atoms with Gasteiger partial charge in [-0.1, -0.05) is 82.7 Å². The van der Waals surface area contributed by atoms with Crippen molar-refractivity contribution in [1.82, 2.24) is 4.57 Å². The minimum absolute atomic E-state index is 0.00781. The third-order valence-electron chi connectivity index (χ3n) is 6.30. The van der Waals surface area contributed by atoms with Crippen molar-refractivity contribution in [3.8, 4) is 40.0 Å². The molecule has 0 unspecified atom stereocenters. The number of nitrogens with zero attached hydrogens (tertiary/aromatic N) is 2. The van der Waals surface area contributed by atoms with Crippen molar-refractivity contribution in [1.29, 1.82) is 5.26 Å². The maximum Gasteiger partial charge on any atom is 0.266 e. The number of benzene rings is 4. The molecule has 0 saturated carbocycles. The lowest BCUT2D eigenvalue weighted by molar-refractivity contribution is -0.112. The van der Waals surface area contributed by atoms with E-state index >= 15 is 0 Å². The fourth-order valence-corrected chi connectivity index (χ4v) is 4.81. The maximum atomic E-state index is 13.3. The van der Waals surface area contributed by atoms with Gasteiger partial charge in [0.1, 0.15) is 17.4 Å². The van der Waals surface area contributed by atoms with Gasteiger partial charge in [-0.15, -0.1) is 0 Å². The molecule has 0 aliphatic heterocycles. The summed E-state index contributed by atoms with van der Waals surface area (Å²) in [5, 5.41) is 12.9. The summed E-state index contributed by atoms with van der Waals surface area (Å²) in [4.78, 5) is 13.3. The molecule has 0 fully saturated rings. The number of anilines is 1. The van der Waals surface area contributed by atoms with Gasteiger partial charge in [0.2, 0.25) is 0 Å². The summed E-state index contributed by atoms with van der Waals surface area (Å²) in [5.41, 5.74) is 6.04. The average molecular weight is 589 g/mol. The SMILES string of the molecule is CCOc1cccc(NC(=O)/C(C#N)=C\c2cc(-c3ccccc3)n(-c3ccc(Br)cc3)c2-c2ccccc2)c1. The number of hydrogen-bond donors (Lipinski definition) is 1. The van der Waals surface area contributed by atoms with Gasteiger partial charge in [-0.05, 0) is 66.6 Å². The van der Waals surface area contributed by atoms with Crippen molar-refractivity contribution < 1.29 is 9.53 Å². The van der Waals surface area contributed by atoms with Crippen LogP contribution in [0.25, 0.3) is 34.3 Å². The molecule has 0 aliphatic rings. The molecule has 196 valence electrons. The van der Waals surface area contributed by atoms with Gasteiger partial charge in [-0.3, -0.25) is 4.79 Å². The van der Waals surface area contributed by atoms with Crippen molar-refractivity contribution in [3.05, 3.63) is 131 Å². The number of hydrogen-bond acceptors (Lipinski definition) is 3. The molecule has 5 nitrogen and oxygen atoms in total. The van der Waals surface area contributed by atoms with E-state index in [0.29, 0.717) is 18.0 Å². The van der Waals surface area contributed by atoms with Crippen LogP contribution in [0.3, 0.4) is 0 Å². The zero-order chi connectivity index (χ0) is 27.9. The lowest BCUT2D eigenvalue weighted by Crippen LogP contribution is -2.13. The summed E-state index contributed by atoms with van der Waals surface area (Å²) < 4.78 is 8.69. The number of carbonyl (C=O) groups excluding carboxylic acids is 1. The van der Waals surface area contributed by atoms with Gasteiger partial charge in [0.25, 0.3) is 5.91 Å². The van der Waals surface area contributed by atoms with Gasteiger partial charge in [0.15, 0.2) is 0 Å². The number of nitriles is 1. The Hall–Kier alpha value is -4.86. The summed E-state index contributed by atoms with van der Waals surface area (Å²) in [6.07, 6.45) is 1.66. The highest BCUT2D eigenvalue weighted by atomic mass is 79.9. The van der Waals surface area contributed by atoms with E-state index in [0.717, 1.165) is 38.2 Å². The van der Waals surface area contributed by atoms with Crippen LogP contribution in [0.15, 0.2) is 125 Å². The fourth-order valence-electron chi connectivity index (χ4n) is 4.54. The molecule has 1 heterocycles. The third-order valence-corrected chi connectivity index (χ3v) is 6.83. The highest BCUT2D eigenvalue weighted by molar-refractivity contribution is 9.10. The van der Waals surface area contributed by atoms with Gasteiger partial charge in [0.05, 0.1) is 18.0 Å². The summed E-state index contributed by atoms with van der Waals surface area (Å²) in [7, 11) is 0. The lowest BCUT2D eigenvalue weighted by atomic mass is 10.0. The molecule has 0 aliphatic carbocycles. The Morgan fingerprint density at radius 3 is 2.23 bits per heavy atom. The molecule has 4 aromatic carbocycles. The van der Waals surface area contributed by atoms with Crippen LogP contribution < -0.4 is 10.1 Å². The molecular formula is C34H26BrN3O2. The molecular weight excluding hydrogens is 562 g/mol. The second-order valence-electron chi connectivity index (χ2n) is 8.96. The Kier molecular flexibility index (Phi) is 8.24. The van der Waals surface area contributed by atoms with Gasteiger partial charge in [-0.2, -0.15) is 5.26 Å². The molecule has 0 atom stereocenters. The molecule has 1 N–H and O–H groups in total. The Labute approximate surface area is 242 Å². The minimum atomic E-state index is -0.493. The number of halogens is 1. The molecule has 5 aromatic rings. The van der Waals surface area contributed by atoms with E-state index in [1.54, 1.807) is 24.3 Å². The molecule has 40 heavy (non-hydrogen) atoms. The first-order valence-corrected chi connectivity index (χ1v) is 13.6.